The van der Waals surface area contributed by atoms with E-state index in [1.807, 2.05) is 0 Å². The van der Waals surface area contributed by atoms with E-state index in [-0.39, 0.29) is 18.9 Å². The first kappa shape index (κ1) is 15.1. The minimum Gasteiger partial charge on any atom is -0.480 e. The molecule has 0 aliphatic heterocycles. The van der Waals surface area contributed by atoms with E-state index in [2.05, 4.69) is 0 Å². The molecule has 2 rings (SSSR count). The Bertz CT molecular complexity index is 393. The quantitative estimate of drug-likeness (QED) is 0.866. The standard InChI is InChI=1S/C13H18F3NO3/c14-13(15,16)10-4-2-1-3-9(10)12(20)17(7-11(18)19)8-5-6-8/h8-10H,1-7H2,(H,18,19). The number of hydrogen-bond acceptors (Lipinski definition) is 2. The summed E-state index contributed by atoms with van der Waals surface area (Å²) in [7, 11) is 0. The lowest BCUT2D eigenvalue weighted by molar-refractivity contribution is -0.201. The highest BCUT2D eigenvalue weighted by Gasteiger charge is 2.50. The maximum atomic E-state index is 13.0. The Balaban J connectivity index is 2.13. The van der Waals surface area contributed by atoms with Crippen molar-refractivity contribution >= 4 is 11.9 Å². The second kappa shape index (κ2) is 5.61. The molecule has 20 heavy (non-hydrogen) atoms. The van der Waals surface area contributed by atoms with Crippen molar-refractivity contribution in [1.82, 2.24) is 4.90 Å². The summed E-state index contributed by atoms with van der Waals surface area (Å²) in [4.78, 5) is 24.3. The Morgan fingerprint density at radius 1 is 1.10 bits per heavy atom. The number of carbonyl (C=O) groups is 2. The maximum Gasteiger partial charge on any atom is 0.392 e. The molecule has 2 aliphatic carbocycles. The van der Waals surface area contributed by atoms with E-state index in [0.717, 1.165) is 4.90 Å². The molecule has 114 valence electrons. The molecule has 1 amide bonds. The largest absolute Gasteiger partial charge is 0.480 e. The number of carboxylic acids is 1. The molecule has 0 radical (unpaired) electrons. The summed E-state index contributed by atoms with van der Waals surface area (Å²) in [5.41, 5.74) is 0. The third-order valence-electron chi connectivity index (χ3n) is 4.08. The van der Waals surface area contributed by atoms with Crippen LogP contribution in [0.15, 0.2) is 0 Å². The van der Waals surface area contributed by atoms with Crippen molar-refractivity contribution in [2.24, 2.45) is 11.8 Å². The van der Waals surface area contributed by atoms with Gasteiger partial charge in [-0.15, -0.1) is 0 Å². The number of rotatable bonds is 4. The number of halogens is 3. The Morgan fingerprint density at radius 3 is 2.20 bits per heavy atom. The van der Waals surface area contributed by atoms with Gasteiger partial charge in [0.05, 0.1) is 5.92 Å². The second-order valence-electron chi connectivity index (χ2n) is 5.63. The molecule has 0 aromatic carbocycles. The van der Waals surface area contributed by atoms with E-state index >= 15 is 0 Å². The van der Waals surface area contributed by atoms with Crippen LogP contribution in [0, 0.1) is 11.8 Å². The van der Waals surface area contributed by atoms with E-state index in [1.54, 1.807) is 0 Å². The summed E-state index contributed by atoms with van der Waals surface area (Å²) >= 11 is 0. The number of amides is 1. The zero-order chi connectivity index (χ0) is 14.9. The minimum atomic E-state index is -4.39. The van der Waals surface area contributed by atoms with Crippen LogP contribution in [0.25, 0.3) is 0 Å². The summed E-state index contributed by atoms with van der Waals surface area (Å²) in [6.07, 6.45) is -1.80. The van der Waals surface area contributed by atoms with Gasteiger partial charge >= 0.3 is 12.1 Å². The van der Waals surface area contributed by atoms with Crippen LogP contribution in [-0.2, 0) is 9.59 Å². The van der Waals surface area contributed by atoms with Gasteiger partial charge in [-0.1, -0.05) is 12.8 Å². The first-order chi connectivity index (χ1) is 9.30. The van der Waals surface area contributed by atoms with Crippen molar-refractivity contribution in [1.29, 1.82) is 0 Å². The van der Waals surface area contributed by atoms with Gasteiger partial charge in [-0.05, 0) is 25.7 Å². The van der Waals surface area contributed by atoms with Gasteiger partial charge in [-0.25, -0.2) is 0 Å². The van der Waals surface area contributed by atoms with E-state index in [4.69, 9.17) is 5.11 Å². The van der Waals surface area contributed by atoms with Gasteiger partial charge < -0.3 is 10.0 Å². The molecule has 4 nitrogen and oxygen atoms in total. The highest BCUT2D eigenvalue weighted by molar-refractivity contribution is 5.84. The Kier molecular flexibility index (Phi) is 4.25. The summed E-state index contributed by atoms with van der Waals surface area (Å²) in [5.74, 6) is -4.54. The normalized spacial score (nSPS) is 27.1. The predicted molar refractivity (Wildman–Crippen MR) is 63.9 cm³/mol. The monoisotopic (exact) mass is 293 g/mol. The average Bonchev–Trinajstić information content (AvgIpc) is 3.18. The second-order valence-corrected chi connectivity index (χ2v) is 5.63. The smallest absolute Gasteiger partial charge is 0.392 e. The lowest BCUT2D eigenvalue weighted by Gasteiger charge is -2.35. The summed E-state index contributed by atoms with van der Waals surface area (Å²) < 4.78 is 39.0. The molecule has 0 aromatic heterocycles. The molecule has 2 saturated carbocycles. The van der Waals surface area contributed by atoms with Crippen LogP contribution in [0.1, 0.15) is 38.5 Å². The number of aliphatic carboxylic acids is 1. The van der Waals surface area contributed by atoms with Crippen molar-refractivity contribution in [2.45, 2.75) is 50.7 Å². The molecule has 2 aliphatic rings. The zero-order valence-electron chi connectivity index (χ0n) is 11.0. The van der Waals surface area contributed by atoms with Gasteiger partial charge in [0.25, 0.3) is 0 Å². The first-order valence-corrected chi connectivity index (χ1v) is 6.89. The number of nitrogens with zero attached hydrogens (tertiary/aromatic N) is 1. The van der Waals surface area contributed by atoms with E-state index in [1.165, 1.54) is 0 Å². The van der Waals surface area contributed by atoms with Gasteiger partial charge in [0.15, 0.2) is 0 Å². The number of alkyl halides is 3. The Labute approximate surface area is 114 Å². The van der Waals surface area contributed by atoms with Gasteiger partial charge in [-0.2, -0.15) is 13.2 Å². The molecular weight excluding hydrogens is 275 g/mol. The molecule has 2 unspecified atom stereocenters. The van der Waals surface area contributed by atoms with Crippen LogP contribution >= 0.6 is 0 Å². The number of carbonyl (C=O) groups excluding carboxylic acids is 1. The van der Waals surface area contributed by atoms with Gasteiger partial charge in [0.2, 0.25) is 5.91 Å². The van der Waals surface area contributed by atoms with Gasteiger partial charge in [0, 0.05) is 12.0 Å². The van der Waals surface area contributed by atoms with Crippen LogP contribution in [0.4, 0.5) is 13.2 Å². The van der Waals surface area contributed by atoms with Crippen LogP contribution in [0.2, 0.25) is 0 Å². The lowest BCUT2D eigenvalue weighted by atomic mass is 9.78. The molecular formula is C13H18F3NO3. The molecule has 0 spiro atoms. The third-order valence-corrected chi connectivity index (χ3v) is 4.08. The molecule has 0 saturated heterocycles. The average molecular weight is 293 g/mol. The fraction of sp³-hybridized carbons (Fsp3) is 0.846. The van der Waals surface area contributed by atoms with Crippen molar-refractivity contribution in [2.75, 3.05) is 6.54 Å². The number of hydrogen-bond donors (Lipinski definition) is 1. The SMILES string of the molecule is O=C(O)CN(C(=O)C1CCCCC1C(F)(F)F)C1CC1. The van der Waals surface area contributed by atoms with Crippen molar-refractivity contribution in [3.05, 3.63) is 0 Å². The minimum absolute atomic E-state index is 0.0362. The summed E-state index contributed by atoms with van der Waals surface area (Å²) in [5, 5.41) is 8.82. The predicted octanol–water partition coefficient (Wildman–Crippen LogP) is 2.43. The van der Waals surface area contributed by atoms with Crippen molar-refractivity contribution < 1.29 is 27.9 Å². The van der Waals surface area contributed by atoms with Gasteiger partial charge in [-0.3, -0.25) is 9.59 Å². The van der Waals surface area contributed by atoms with E-state index < -0.39 is 36.4 Å². The molecule has 2 atom stereocenters. The molecule has 0 aromatic rings. The van der Waals surface area contributed by atoms with Crippen LogP contribution in [0.5, 0.6) is 0 Å². The highest BCUT2D eigenvalue weighted by Crippen LogP contribution is 2.43. The lowest BCUT2D eigenvalue weighted by Crippen LogP contribution is -2.47. The van der Waals surface area contributed by atoms with Crippen LogP contribution in [-0.4, -0.2) is 40.6 Å². The maximum absolute atomic E-state index is 13.0. The molecule has 0 bridgehead atoms. The zero-order valence-corrected chi connectivity index (χ0v) is 11.0. The van der Waals surface area contributed by atoms with Crippen molar-refractivity contribution in [3.63, 3.8) is 0 Å². The fourth-order valence-corrected chi connectivity index (χ4v) is 2.95. The highest BCUT2D eigenvalue weighted by atomic mass is 19.4. The number of carboxylic acid groups (broad SMARTS) is 1. The molecule has 0 heterocycles. The Hall–Kier alpha value is -1.27. The molecule has 2 fully saturated rings. The van der Waals surface area contributed by atoms with Gasteiger partial charge in [0.1, 0.15) is 6.54 Å². The van der Waals surface area contributed by atoms with Crippen molar-refractivity contribution in [3.8, 4) is 0 Å². The third kappa shape index (κ3) is 3.43. The summed E-state index contributed by atoms with van der Waals surface area (Å²) in [6.45, 7) is -0.495. The molecule has 1 N–H and O–H groups in total. The van der Waals surface area contributed by atoms with Crippen LogP contribution < -0.4 is 0 Å². The van der Waals surface area contributed by atoms with E-state index in [0.29, 0.717) is 25.7 Å². The topological polar surface area (TPSA) is 57.6 Å². The first-order valence-electron chi connectivity index (χ1n) is 6.89. The fourth-order valence-electron chi connectivity index (χ4n) is 2.95. The molecule has 7 heteroatoms. The van der Waals surface area contributed by atoms with E-state index in [9.17, 15) is 22.8 Å². The Morgan fingerprint density at radius 2 is 1.70 bits per heavy atom. The van der Waals surface area contributed by atoms with Crippen LogP contribution in [0.3, 0.4) is 0 Å². The summed E-state index contributed by atoms with van der Waals surface area (Å²) in [6, 6.07) is -0.186.